The quantitative estimate of drug-likeness (QED) is 0.0724. The molecule has 40 heavy (non-hydrogen) atoms. The summed E-state index contributed by atoms with van der Waals surface area (Å²) in [6.07, 6.45) is 24.8. The number of esters is 1. The summed E-state index contributed by atoms with van der Waals surface area (Å²) in [5, 5.41) is 9.66. The fraction of sp³-hybridized carbons (Fsp3) is 0.839. The molecule has 1 aliphatic rings. The molecule has 0 bridgehead atoms. The lowest BCUT2D eigenvalue weighted by molar-refractivity contribution is -0.153. The van der Waals surface area contributed by atoms with Gasteiger partial charge in [0.05, 0.1) is 10.2 Å². The van der Waals surface area contributed by atoms with Crippen molar-refractivity contribution in [3.05, 3.63) is 30.6 Å². The minimum Gasteiger partial charge on any atom is -0.459 e. The topological polar surface area (TPSA) is 111 Å². The number of aromatic nitrogens is 2. The number of hydrogen-bond acceptors (Lipinski definition) is 6. The monoisotopic (exact) mass is 676 g/mol. The van der Waals surface area contributed by atoms with E-state index in [1.807, 2.05) is 22.6 Å². The lowest BCUT2D eigenvalue weighted by atomic mass is 10.0. The number of rotatable bonds is 23. The summed E-state index contributed by atoms with van der Waals surface area (Å²) in [4.78, 5) is 38.4. The maximum absolute atomic E-state index is 12.4. The minimum atomic E-state index is -0.706. The van der Waals surface area contributed by atoms with Crippen LogP contribution in [-0.2, 0) is 14.3 Å². The van der Waals surface area contributed by atoms with Crippen LogP contribution in [0.2, 0.25) is 0 Å². The van der Waals surface area contributed by atoms with Crippen LogP contribution in [0.5, 0.6) is 0 Å². The van der Waals surface area contributed by atoms with E-state index in [9.17, 15) is 19.5 Å². The summed E-state index contributed by atoms with van der Waals surface area (Å²) in [5.41, 5.74) is -1.05. The molecule has 2 heterocycles. The molecule has 0 amide bonds. The second-order valence-electron chi connectivity index (χ2n) is 11.3. The van der Waals surface area contributed by atoms with Crippen LogP contribution in [0, 0.1) is 3.57 Å². The van der Waals surface area contributed by atoms with E-state index in [0.717, 1.165) is 19.3 Å². The maximum Gasteiger partial charge on any atom is 0.330 e. The van der Waals surface area contributed by atoms with Crippen LogP contribution in [0.3, 0.4) is 0 Å². The average Bonchev–Trinajstić information content (AvgIpc) is 3.34. The van der Waals surface area contributed by atoms with Gasteiger partial charge in [0.15, 0.2) is 0 Å². The number of aromatic amines is 1. The Morgan fingerprint density at radius 2 is 1.38 bits per heavy atom. The zero-order valence-electron chi connectivity index (χ0n) is 24.7. The highest BCUT2D eigenvalue weighted by molar-refractivity contribution is 14.1. The molecule has 1 aromatic rings. The molecule has 0 radical (unpaired) electrons. The van der Waals surface area contributed by atoms with Crippen molar-refractivity contribution < 1.29 is 19.4 Å². The van der Waals surface area contributed by atoms with Gasteiger partial charge in [-0.15, -0.1) is 0 Å². The molecule has 1 fully saturated rings. The van der Waals surface area contributed by atoms with Gasteiger partial charge in [-0.05, 0) is 29.0 Å². The number of H-pyrrole nitrogens is 1. The van der Waals surface area contributed by atoms with E-state index < -0.39 is 29.7 Å². The molecule has 0 aromatic carbocycles. The number of aliphatic hydroxyl groups excluding tert-OH is 1. The lowest BCUT2D eigenvalue weighted by Gasteiger charge is -2.16. The maximum atomic E-state index is 12.4. The van der Waals surface area contributed by atoms with Gasteiger partial charge < -0.3 is 14.6 Å². The van der Waals surface area contributed by atoms with E-state index in [4.69, 9.17) is 9.47 Å². The van der Waals surface area contributed by atoms with Crippen molar-refractivity contribution in [1.82, 2.24) is 9.55 Å². The van der Waals surface area contributed by atoms with Gasteiger partial charge in [-0.1, -0.05) is 122 Å². The smallest absolute Gasteiger partial charge is 0.330 e. The molecule has 3 atom stereocenters. The molecule has 0 spiro atoms. The number of unbranched alkanes of at least 4 members (excludes halogenated alkanes) is 18. The van der Waals surface area contributed by atoms with Gasteiger partial charge in [-0.2, -0.15) is 0 Å². The first-order chi connectivity index (χ1) is 19.5. The standard InChI is InChI=1S/C31H53IN2O6/c1-2-3-4-5-6-7-8-9-10-11-12-13-14-15-16-17-18-19-20-21-29(36)40-26-22-28(39-27(26)24-35)34-23-25(32)30(37)33-31(34)38/h23,26-28,35H,2-22,24H2,1H3,(H,33,37,38)/t26?,27-,28-/m0/s1. The van der Waals surface area contributed by atoms with Crippen molar-refractivity contribution in [1.29, 1.82) is 0 Å². The highest BCUT2D eigenvalue weighted by atomic mass is 127. The molecule has 0 saturated carbocycles. The summed E-state index contributed by atoms with van der Waals surface area (Å²) < 4.78 is 13.0. The zero-order chi connectivity index (χ0) is 29.0. The van der Waals surface area contributed by atoms with Gasteiger partial charge in [0.25, 0.3) is 5.56 Å². The molecule has 2 N–H and O–H groups in total. The molecule has 1 aromatic heterocycles. The minimum absolute atomic E-state index is 0.248. The Bertz CT molecular complexity index is 933. The molecule has 1 aliphatic heterocycles. The molecule has 0 aliphatic carbocycles. The fourth-order valence-electron chi connectivity index (χ4n) is 5.41. The number of carbonyl (C=O) groups is 1. The first kappa shape index (κ1) is 35.0. The van der Waals surface area contributed by atoms with Gasteiger partial charge in [-0.25, -0.2) is 4.79 Å². The summed E-state index contributed by atoms with van der Waals surface area (Å²) >= 11 is 1.84. The van der Waals surface area contributed by atoms with Crippen LogP contribution in [0.4, 0.5) is 0 Å². The third kappa shape index (κ3) is 14.1. The summed E-state index contributed by atoms with van der Waals surface area (Å²) in [6, 6.07) is 0. The number of halogens is 1. The van der Waals surface area contributed by atoms with Crippen LogP contribution in [0.15, 0.2) is 15.8 Å². The Morgan fingerprint density at radius 1 is 0.900 bits per heavy atom. The molecular formula is C31H53IN2O6. The van der Waals surface area contributed by atoms with Gasteiger partial charge >= 0.3 is 11.7 Å². The lowest BCUT2D eigenvalue weighted by Crippen LogP contribution is -2.33. The van der Waals surface area contributed by atoms with E-state index in [2.05, 4.69) is 11.9 Å². The molecule has 2 rings (SSSR count). The van der Waals surface area contributed by atoms with Crippen LogP contribution in [0.1, 0.15) is 148 Å². The van der Waals surface area contributed by atoms with Crippen molar-refractivity contribution in [2.45, 2.75) is 160 Å². The van der Waals surface area contributed by atoms with E-state index in [1.54, 1.807) is 0 Å². The number of carbonyl (C=O) groups excluding carboxylic acids is 1. The Balaban J connectivity index is 1.43. The van der Waals surface area contributed by atoms with E-state index in [0.29, 0.717) is 9.99 Å². The van der Waals surface area contributed by atoms with Crippen LogP contribution in [-0.4, -0.2) is 39.4 Å². The number of nitrogens with one attached hydrogen (secondary N) is 1. The summed E-state index contributed by atoms with van der Waals surface area (Å²) in [5.74, 6) is -0.303. The number of aliphatic hydroxyl groups is 1. The van der Waals surface area contributed by atoms with Crippen molar-refractivity contribution >= 4 is 28.6 Å². The van der Waals surface area contributed by atoms with Gasteiger partial charge in [0.2, 0.25) is 0 Å². The SMILES string of the molecule is CCCCCCCCCCCCCCCCCCCCCC(=O)OC1C[C@@H](n2cc(I)c(=O)[nH]c2=O)O[C@H]1CO. The molecule has 230 valence electrons. The van der Waals surface area contributed by atoms with E-state index in [-0.39, 0.29) is 19.0 Å². The van der Waals surface area contributed by atoms with Crippen LogP contribution >= 0.6 is 22.6 Å². The van der Waals surface area contributed by atoms with E-state index in [1.165, 1.54) is 113 Å². The van der Waals surface area contributed by atoms with Crippen molar-refractivity contribution in [2.75, 3.05) is 6.61 Å². The second kappa shape index (κ2) is 21.5. The molecule has 1 saturated heterocycles. The van der Waals surface area contributed by atoms with Gasteiger partial charge in [0.1, 0.15) is 18.4 Å². The molecule has 9 heteroatoms. The highest BCUT2D eigenvalue weighted by Gasteiger charge is 2.39. The fourth-order valence-corrected chi connectivity index (χ4v) is 5.84. The zero-order valence-corrected chi connectivity index (χ0v) is 26.8. The first-order valence-corrected chi connectivity index (χ1v) is 17.0. The Hall–Kier alpha value is -1.20. The molecule has 8 nitrogen and oxygen atoms in total. The van der Waals surface area contributed by atoms with Gasteiger partial charge in [-0.3, -0.25) is 19.1 Å². The normalized spacial score (nSPS) is 18.8. The number of hydrogen-bond donors (Lipinski definition) is 2. The third-order valence-electron chi connectivity index (χ3n) is 7.86. The third-order valence-corrected chi connectivity index (χ3v) is 8.63. The predicted octanol–water partition coefficient (Wildman–Crippen LogP) is 7.15. The van der Waals surface area contributed by atoms with Crippen molar-refractivity contribution in [3.8, 4) is 0 Å². The van der Waals surface area contributed by atoms with E-state index >= 15 is 0 Å². The number of nitrogens with zero attached hydrogens (tertiary/aromatic N) is 1. The summed E-state index contributed by atoms with van der Waals surface area (Å²) in [7, 11) is 0. The van der Waals surface area contributed by atoms with Crippen LogP contribution in [0.25, 0.3) is 0 Å². The second-order valence-corrected chi connectivity index (χ2v) is 12.5. The Labute approximate surface area is 254 Å². The van der Waals surface area contributed by atoms with Crippen molar-refractivity contribution in [2.24, 2.45) is 0 Å². The Kier molecular flexibility index (Phi) is 18.8. The Morgan fingerprint density at radius 3 is 1.85 bits per heavy atom. The highest BCUT2D eigenvalue weighted by Crippen LogP contribution is 2.30. The first-order valence-electron chi connectivity index (χ1n) is 15.9. The molecular weight excluding hydrogens is 623 g/mol. The average molecular weight is 677 g/mol. The largest absolute Gasteiger partial charge is 0.459 e. The molecule has 1 unspecified atom stereocenters. The predicted molar refractivity (Wildman–Crippen MR) is 168 cm³/mol. The summed E-state index contributed by atoms with van der Waals surface area (Å²) in [6.45, 7) is 1.96. The number of ether oxygens (including phenoxy) is 2. The van der Waals surface area contributed by atoms with Gasteiger partial charge in [0, 0.05) is 19.0 Å². The van der Waals surface area contributed by atoms with Crippen molar-refractivity contribution in [3.63, 3.8) is 0 Å². The van der Waals surface area contributed by atoms with Crippen LogP contribution < -0.4 is 11.2 Å².